The summed E-state index contributed by atoms with van der Waals surface area (Å²) in [5.41, 5.74) is 23.9. The Bertz CT molecular complexity index is 3270. The van der Waals surface area contributed by atoms with Gasteiger partial charge in [-0.1, -0.05) is 86.9 Å². The van der Waals surface area contributed by atoms with Crippen molar-refractivity contribution in [1.82, 2.24) is 4.90 Å². The van der Waals surface area contributed by atoms with E-state index in [4.69, 9.17) is 30.1 Å². The number of anilines is 1. The van der Waals surface area contributed by atoms with Crippen LogP contribution in [0.5, 0.6) is 23.0 Å². The minimum Gasteiger partial charge on any atom is -0.493 e. The molecule has 3 aliphatic carbocycles. The average Bonchev–Trinajstić information content (AvgIpc) is 3.96. The summed E-state index contributed by atoms with van der Waals surface area (Å²) in [7, 11) is 3.11. The zero-order valence-electron chi connectivity index (χ0n) is 46.1. The fraction of sp³-hybridized carbons (Fsp3) is 0.358. The molecule has 4 N–H and O–H groups in total. The number of nitrogens with zero attached hydrogens (tertiary/aromatic N) is 1. The highest BCUT2D eigenvalue weighted by atomic mass is 16.5. The van der Waals surface area contributed by atoms with Crippen molar-refractivity contribution in [3.05, 3.63) is 171 Å². The van der Waals surface area contributed by atoms with Crippen molar-refractivity contribution in [3.8, 4) is 23.0 Å². The van der Waals surface area contributed by atoms with E-state index in [-0.39, 0.29) is 60.0 Å². The fourth-order valence-corrected chi connectivity index (χ4v) is 10.7. The Labute approximate surface area is 464 Å². The molecule has 408 valence electrons. The number of amides is 2. The summed E-state index contributed by atoms with van der Waals surface area (Å²) < 4.78 is 24.0. The second kappa shape index (κ2) is 25.6. The minimum atomic E-state index is -0.721. The van der Waals surface area contributed by atoms with Gasteiger partial charge in [-0.05, 0) is 176 Å². The predicted octanol–water partition coefficient (Wildman–Crippen LogP) is 13.1. The highest BCUT2D eigenvalue weighted by Crippen LogP contribution is 2.40. The summed E-state index contributed by atoms with van der Waals surface area (Å²) >= 11 is 0. The van der Waals surface area contributed by atoms with E-state index in [1.807, 2.05) is 62.5 Å². The van der Waals surface area contributed by atoms with Crippen molar-refractivity contribution in [2.24, 2.45) is 23.5 Å². The first-order chi connectivity index (χ1) is 38.3. The van der Waals surface area contributed by atoms with Crippen molar-refractivity contribution in [3.63, 3.8) is 0 Å². The van der Waals surface area contributed by atoms with Gasteiger partial charge in [-0.2, -0.15) is 0 Å². The van der Waals surface area contributed by atoms with Crippen molar-refractivity contribution < 1.29 is 38.1 Å². The molecule has 5 aliphatic rings. The standard InChI is InChI=1S/C67H72N4O8/c1-42(2)64(69)65(73)58(68)30-19-43(3)66(74)70-54-28-26-47(27-29-54)53-35-55-18-11-17-52-38-63(61(77-5)40-57(52)67(75)71(55)41-53)79-32-12-31-78-62-37-51-16-10-15-48-34-49(24-25-50(48)36-59(72)56(51)39-60(62)76-4)46-22-20-45(21-23-46)33-44-13-8-6-7-9-14-44/h13,15-18,20-24,26-29,36-43,48,55,64,68H,6-9,12,14,19,25,30-35,69H2,1-5H3,(H,70,74). The van der Waals surface area contributed by atoms with Crippen LogP contribution in [0.3, 0.4) is 0 Å². The second-order valence-electron chi connectivity index (χ2n) is 21.6. The molecule has 0 aromatic heterocycles. The Kier molecular flexibility index (Phi) is 18.1. The lowest BCUT2D eigenvalue weighted by atomic mass is 9.81. The number of nitrogens with one attached hydrogen (secondary N) is 2. The number of benzene rings is 4. The minimum absolute atomic E-state index is 0.0508. The summed E-state index contributed by atoms with van der Waals surface area (Å²) in [5, 5.41) is 11.1. The molecule has 0 spiro atoms. The molecule has 2 amide bonds. The molecule has 2 heterocycles. The number of ether oxygens (including phenoxy) is 4. The summed E-state index contributed by atoms with van der Waals surface area (Å²) in [6.45, 7) is 6.04. The lowest BCUT2D eigenvalue weighted by molar-refractivity contribution is -0.119. The number of carbonyl (C=O) groups excluding carboxylic acids is 4. The number of ketones is 2. The second-order valence-corrected chi connectivity index (χ2v) is 21.6. The zero-order valence-corrected chi connectivity index (χ0v) is 46.1. The van der Waals surface area contributed by atoms with Crippen LogP contribution < -0.4 is 30.0 Å². The molecule has 0 saturated heterocycles. The van der Waals surface area contributed by atoms with Gasteiger partial charge in [0.05, 0.1) is 50.8 Å². The van der Waals surface area contributed by atoms with E-state index in [1.165, 1.54) is 48.8 Å². The molecule has 4 aromatic carbocycles. The third-order valence-electron chi connectivity index (χ3n) is 15.7. The maximum Gasteiger partial charge on any atom is 0.259 e. The molecule has 9 rings (SSSR count). The third kappa shape index (κ3) is 13.5. The normalized spacial score (nSPS) is 18.3. The van der Waals surface area contributed by atoms with Crippen LogP contribution in [0.25, 0.3) is 23.3 Å². The van der Waals surface area contributed by atoms with Crippen LogP contribution in [0.15, 0.2) is 132 Å². The molecule has 12 nitrogen and oxygen atoms in total. The number of carbonyl (C=O) groups is 4. The van der Waals surface area contributed by atoms with Gasteiger partial charge in [0.2, 0.25) is 5.91 Å². The largest absolute Gasteiger partial charge is 0.493 e. The monoisotopic (exact) mass is 1060 g/mol. The van der Waals surface area contributed by atoms with Gasteiger partial charge in [-0.15, -0.1) is 11.5 Å². The Hall–Kier alpha value is -8.01. The number of hydrogen-bond acceptors (Lipinski definition) is 10. The van der Waals surface area contributed by atoms with Gasteiger partial charge in [0.1, 0.15) is 0 Å². The molecule has 2 aliphatic heterocycles. The number of Topliss-reactive ketones (excluding diaryl/α,β-unsaturated/α-hetero) is 1. The highest BCUT2D eigenvalue weighted by Gasteiger charge is 2.32. The Morgan fingerprint density at radius 2 is 1.44 bits per heavy atom. The van der Waals surface area contributed by atoms with Gasteiger partial charge >= 0.3 is 0 Å². The van der Waals surface area contributed by atoms with Crippen molar-refractivity contribution in [1.29, 1.82) is 5.41 Å². The molecular weight excluding hydrogens is 989 g/mol. The maximum atomic E-state index is 14.3. The van der Waals surface area contributed by atoms with Gasteiger partial charge in [0, 0.05) is 35.7 Å². The first kappa shape index (κ1) is 55.7. The van der Waals surface area contributed by atoms with Crippen LogP contribution in [0.2, 0.25) is 0 Å². The van der Waals surface area contributed by atoms with Crippen molar-refractivity contribution >= 4 is 58.1 Å². The molecule has 0 saturated carbocycles. The van der Waals surface area contributed by atoms with Crippen LogP contribution >= 0.6 is 0 Å². The summed E-state index contributed by atoms with van der Waals surface area (Å²) in [6, 6.07) is 22.6. The van der Waals surface area contributed by atoms with Gasteiger partial charge < -0.3 is 40.3 Å². The molecule has 12 heteroatoms. The number of hydrogen-bond donors (Lipinski definition) is 3. The lowest BCUT2D eigenvalue weighted by Crippen LogP contribution is -2.40. The van der Waals surface area contributed by atoms with Crippen LogP contribution in [0.4, 0.5) is 5.69 Å². The molecule has 0 fully saturated rings. The Morgan fingerprint density at radius 3 is 2.14 bits per heavy atom. The van der Waals surface area contributed by atoms with E-state index < -0.39 is 12.0 Å². The van der Waals surface area contributed by atoms with E-state index in [9.17, 15) is 19.2 Å². The number of nitrogens with two attached hydrogens (primary N) is 1. The molecule has 4 unspecified atom stereocenters. The average molecular weight is 1060 g/mol. The van der Waals surface area contributed by atoms with Crippen molar-refractivity contribution in [2.45, 2.75) is 110 Å². The summed E-state index contributed by atoms with van der Waals surface area (Å²) in [4.78, 5) is 55.4. The van der Waals surface area contributed by atoms with Crippen molar-refractivity contribution in [2.75, 3.05) is 32.8 Å². The predicted molar refractivity (Wildman–Crippen MR) is 313 cm³/mol. The van der Waals surface area contributed by atoms with Crippen LogP contribution in [-0.4, -0.2) is 73.5 Å². The number of rotatable bonds is 20. The van der Waals surface area contributed by atoms with Gasteiger partial charge in [0.15, 0.2) is 34.6 Å². The molecule has 0 bridgehead atoms. The van der Waals surface area contributed by atoms with Crippen LogP contribution in [-0.2, 0) is 16.0 Å². The molecule has 4 atom stereocenters. The van der Waals surface area contributed by atoms with E-state index in [0.717, 1.165) is 29.6 Å². The first-order valence-electron chi connectivity index (χ1n) is 27.8. The van der Waals surface area contributed by atoms with Crippen LogP contribution in [0.1, 0.15) is 140 Å². The van der Waals surface area contributed by atoms with Gasteiger partial charge in [0.25, 0.3) is 5.91 Å². The van der Waals surface area contributed by atoms with E-state index in [0.29, 0.717) is 83.2 Å². The van der Waals surface area contributed by atoms with E-state index >= 15 is 0 Å². The quantitative estimate of drug-likeness (QED) is 0.0337. The van der Waals surface area contributed by atoms with E-state index in [2.05, 4.69) is 59.3 Å². The van der Waals surface area contributed by atoms with Gasteiger partial charge in [-0.3, -0.25) is 19.2 Å². The third-order valence-corrected chi connectivity index (χ3v) is 15.7. The molecule has 4 aromatic rings. The summed E-state index contributed by atoms with van der Waals surface area (Å²) in [6.07, 6.45) is 26.4. The first-order valence-corrected chi connectivity index (χ1v) is 27.8. The van der Waals surface area contributed by atoms with Crippen LogP contribution in [0, 0.1) is 23.2 Å². The molecular formula is C67H72N4O8. The van der Waals surface area contributed by atoms with Gasteiger partial charge in [-0.25, -0.2) is 0 Å². The molecule has 79 heavy (non-hydrogen) atoms. The smallest absolute Gasteiger partial charge is 0.259 e. The van der Waals surface area contributed by atoms with E-state index in [1.54, 1.807) is 62.0 Å². The number of fused-ring (bicyclic) bond motifs is 4. The Balaban J connectivity index is 0.788. The highest BCUT2D eigenvalue weighted by molar-refractivity contribution is 6.40. The number of methoxy groups -OCH3 is 2. The zero-order chi connectivity index (χ0) is 55.6. The Morgan fingerprint density at radius 1 is 0.785 bits per heavy atom. The fourth-order valence-electron chi connectivity index (χ4n) is 10.7. The number of allylic oxidation sites excluding steroid dienone is 7. The molecule has 0 radical (unpaired) electrons. The lowest BCUT2D eigenvalue weighted by Gasteiger charge is -2.23. The maximum absolute atomic E-state index is 14.3. The topological polar surface area (TPSA) is 170 Å². The SMILES string of the molecule is COc1cc2c(cc1OCCCOc1cc3c(cc1OC)C(=O)N1C=C(c4ccc(NC(=O)C(C)CCC(=N)C(=O)C(N)C(C)C)cc4)CC1C=C=C3)C=C=CC1CC(c3ccc(CC4=CCCCCC4)cc3)=CCC1=CC2=O. The summed E-state index contributed by atoms with van der Waals surface area (Å²) in [5.74, 6) is 0.556.